The predicted octanol–water partition coefficient (Wildman–Crippen LogP) is -0.131. The van der Waals surface area contributed by atoms with Gasteiger partial charge in [-0.05, 0) is 6.42 Å². The fourth-order valence-corrected chi connectivity index (χ4v) is 0.246. The SMILES string of the molecule is CCCC(N)=O.Cl.O. The third-order valence-electron chi connectivity index (χ3n) is 0.496. The van der Waals surface area contributed by atoms with Crippen LogP contribution in [-0.2, 0) is 4.79 Å². The molecule has 0 spiro atoms. The maximum absolute atomic E-state index is 9.82. The van der Waals surface area contributed by atoms with E-state index in [1.165, 1.54) is 0 Å². The van der Waals surface area contributed by atoms with E-state index >= 15 is 0 Å². The van der Waals surface area contributed by atoms with Crippen molar-refractivity contribution in [1.82, 2.24) is 0 Å². The number of nitrogens with two attached hydrogens (primary N) is 1. The summed E-state index contributed by atoms with van der Waals surface area (Å²) < 4.78 is 0. The highest BCUT2D eigenvalue weighted by molar-refractivity contribution is 5.85. The fourth-order valence-electron chi connectivity index (χ4n) is 0.246. The van der Waals surface area contributed by atoms with Gasteiger partial charge in [0.2, 0.25) is 5.91 Å². The van der Waals surface area contributed by atoms with E-state index in [9.17, 15) is 4.79 Å². The molecule has 0 fully saturated rings. The number of hydrogen-bond donors (Lipinski definition) is 1. The fraction of sp³-hybridized carbons (Fsp3) is 0.750. The summed E-state index contributed by atoms with van der Waals surface area (Å²) in [6.45, 7) is 1.92. The first-order valence-electron chi connectivity index (χ1n) is 2.05. The molecule has 8 heavy (non-hydrogen) atoms. The van der Waals surface area contributed by atoms with E-state index in [4.69, 9.17) is 5.73 Å². The van der Waals surface area contributed by atoms with Crippen molar-refractivity contribution in [2.45, 2.75) is 19.8 Å². The zero-order chi connectivity index (χ0) is 4.99. The topological polar surface area (TPSA) is 74.6 Å². The Morgan fingerprint density at radius 1 is 1.62 bits per heavy atom. The van der Waals surface area contributed by atoms with Crippen molar-refractivity contribution in [1.29, 1.82) is 0 Å². The van der Waals surface area contributed by atoms with Crippen LogP contribution in [0.25, 0.3) is 0 Å². The van der Waals surface area contributed by atoms with Crippen molar-refractivity contribution in [2.24, 2.45) is 5.73 Å². The molecule has 0 aliphatic heterocycles. The zero-order valence-electron chi connectivity index (χ0n) is 4.81. The zero-order valence-corrected chi connectivity index (χ0v) is 5.62. The summed E-state index contributed by atoms with van der Waals surface area (Å²) >= 11 is 0. The molecule has 0 atom stereocenters. The Bertz CT molecular complexity index is 58.0. The van der Waals surface area contributed by atoms with Crippen molar-refractivity contribution >= 4 is 18.3 Å². The van der Waals surface area contributed by atoms with Crippen LogP contribution >= 0.6 is 12.4 Å². The summed E-state index contributed by atoms with van der Waals surface area (Å²) in [6, 6.07) is 0. The number of rotatable bonds is 2. The van der Waals surface area contributed by atoms with Gasteiger partial charge < -0.3 is 11.2 Å². The maximum Gasteiger partial charge on any atom is 0.217 e. The van der Waals surface area contributed by atoms with Crippen LogP contribution in [0.5, 0.6) is 0 Å². The number of carbonyl (C=O) groups is 1. The molecule has 1 amide bonds. The molecule has 0 aromatic carbocycles. The summed E-state index contributed by atoms with van der Waals surface area (Å²) in [4.78, 5) is 9.82. The number of hydrogen-bond acceptors (Lipinski definition) is 1. The van der Waals surface area contributed by atoms with Crippen LogP contribution in [0.4, 0.5) is 0 Å². The van der Waals surface area contributed by atoms with Crippen molar-refractivity contribution in [3.05, 3.63) is 0 Å². The quantitative estimate of drug-likeness (QED) is 0.572. The molecule has 0 aromatic heterocycles. The van der Waals surface area contributed by atoms with E-state index < -0.39 is 0 Å². The largest absolute Gasteiger partial charge is 0.412 e. The lowest BCUT2D eigenvalue weighted by atomic mass is 10.3. The summed E-state index contributed by atoms with van der Waals surface area (Å²) in [5.41, 5.74) is 4.76. The third-order valence-corrected chi connectivity index (χ3v) is 0.496. The van der Waals surface area contributed by atoms with Crippen LogP contribution in [-0.4, -0.2) is 11.4 Å². The number of amides is 1. The molecule has 0 unspecified atom stereocenters. The Kier molecular flexibility index (Phi) is 19.3. The first kappa shape index (κ1) is 15.6. The third kappa shape index (κ3) is 17.2. The van der Waals surface area contributed by atoms with Crippen molar-refractivity contribution in [3.63, 3.8) is 0 Å². The van der Waals surface area contributed by atoms with Gasteiger partial charge in [0.25, 0.3) is 0 Å². The second-order valence-corrected chi connectivity index (χ2v) is 1.22. The molecule has 0 heterocycles. The molecule has 0 radical (unpaired) electrons. The van der Waals surface area contributed by atoms with E-state index in [2.05, 4.69) is 0 Å². The molecule has 0 aliphatic carbocycles. The lowest BCUT2D eigenvalue weighted by Crippen LogP contribution is -2.08. The lowest BCUT2D eigenvalue weighted by Gasteiger charge is -1.81. The molecular formula is C4H12ClNO2. The molecule has 4 N–H and O–H groups in total. The van der Waals surface area contributed by atoms with Crippen LogP contribution in [0.2, 0.25) is 0 Å². The predicted molar refractivity (Wildman–Crippen MR) is 35.0 cm³/mol. The first-order valence-corrected chi connectivity index (χ1v) is 2.05. The Morgan fingerprint density at radius 3 is 2.00 bits per heavy atom. The molecule has 4 heteroatoms. The Balaban J connectivity index is -0.000000125. The van der Waals surface area contributed by atoms with Gasteiger partial charge in [0.05, 0.1) is 0 Å². The van der Waals surface area contributed by atoms with E-state index in [1.54, 1.807) is 0 Å². The standard InChI is InChI=1S/C4H9NO.ClH.H2O/c1-2-3-4(5)6;;/h2-3H2,1H3,(H2,5,6);1H;1H2. The summed E-state index contributed by atoms with van der Waals surface area (Å²) in [6.07, 6.45) is 1.37. The molecule has 3 nitrogen and oxygen atoms in total. The van der Waals surface area contributed by atoms with E-state index in [1.807, 2.05) is 6.92 Å². The minimum atomic E-state index is -0.211. The van der Waals surface area contributed by atoms with Gasteiger partial charge in [-0.1, -0.05) is 6.92 Å². The van der Waals surface area contributed by atoms with Crippen LogP contribution < -0.4 is 5.73 Å². The van der Waals surface area contributed by atoms with Gasteiger partial charge >= 0.3 is 0 Å². The van der Waals surface area contributed by atoms with Gasteiger partial charge in [-0.25, -0.2) is 0 Å². The van der Waals surface area contributed by atoms with Gasteiger partial charge in [-0.15, -0.1) is 12.4 Å². The number of primary amides is 1. The van der Waals surface area contributed by atoms with Crippen molar-refractivity contribution in [2.75, 3.05) is 0 Å². The second-order valence-electron chi connectivity index (χ2n) is 1.22. The molecule has 0 aliphatic rings. The van der Waals surface area contributed by atoms with Crippen LogP contribution in [0.15, 0.2) is 0 Å². The summed E-state index contributed by atoms with van der Waals surface area (Å²) in [5, 5.41) is 0. The van der Waals surface area contributed by atoms with Gasteiger partial charge in [0.15, 0.2) is 0 Å². The average Bonchev–Trinajstić information content (AvgIpc) is 1.35. The minimum Gasteiger partial charge on any atom is -0.412 e. The maximum atomic E-state index is 9.82. The second kappa shape index (κ2) is 9.87. The monoisotopic (exact) mass is 141 g/mol. The number of carbonyl (C=O) groups excluding carboxylic acids is 1. The summed E-state index contributed by atoms with van der Waals surface area (Å²) in [5.74, 6) is -0.211. The molecular weight excluding hydrogens is 130 g/mol. The van der Waals surface area contributed by atoms with E-state index in [0.717, 1.165) is 6.42 Å². The Labute approximate surface area is 55.0 Å². The molecule has 0 rings (SSSR count). The summed E-state index contributed by atoms with van der Waals surface area (Å²) in [7, 11) is 0. The van der Waals surface area contributed by atoms with E-state index in [-0.39, 0.29) is 23.8 Å². The lowest BCUT2D eigenvalue weighted by molar-refractivity contribution is -0.118. The molecule has 0 saturated heterocycles. The highest BCUT2D eigenvalue weighted by atomic mass is 35.5. The average molecular weight is 142 g/mol. The van der Waals surface area contributed by atoms with Gasteiger partial charge in [-0.2, -0.15) is 0 Å². The number of halogens is 1. The molecule has 0 saturated carbocycles. The van der Waals surface area contributed by atoms with Crippen LogP contribution in [0.3, 0.4) is 0 Å². The smallest absolute Gasteiger partial charge is 0.217 e. The van der Waals surface area contributed by atoms with Crippen LogP contribution in [0, 0.1) is 0 Å². The van der Waals surface area contributed by atoms with E-state index in [0.29, 0.717) is 6.42 Å². The molecule has 0 bridgehead atoms. The Morgan fingerprint density at radius 2 is 2.00 bits per heavy atom. The highest BCUT2D eigenvalue weighted by Gasteiger charge is 1.84. The van der Waals surface area contributed by atoms with Gasteiger partial charge in [0.1, 0.15) is 0 Å². The van der Waals surface area contributed by atoms with Gasteiger partial charge in [0, 0.05) is 6.42 Å². The van der Waals surface area contributed by atoms with Crippen molar-refractivity contribution < 1.29 is 10.3 Å². The molecule has 0 aromatic rings. The normalized spacial score (nSPS) is 6.12. The van der Waals surface area contributed by atoms with Crippen molar-refractivity contribution in [3.8, 4) is 0 Å². The van der Waals surface area contributed by atoms with Gasteiger partial charge in [-0.3, -0.25) is 4.79 Å². The highest BCUT2D eigenvalue weighted by Crippen LogP contribution is 1.79. The van der Waals surface area contributed by atoms with Crippen LogP contribution in [0.1, 0.15) is 19.8 Å². The molecule has 52 valence electrons. The Hall–Kier alpha value is -0.280. The minimum absolute atomic E-state index is 0. The first-order chi connectivity index (χ1) is 2.77.